The number of quaternary nitrogens is 1. The molecule has 0 radical (unpaired) electrons. The second-order valence-corrected chi connectivity index (χ2v) is 20.9. The molecule has 13 nitrogen and oxygen atoms in total. The number of hydrogen-bond acceptors (Lipinski definition) is 11. The summed E-state index contributed by atoms with van der Waals surface area (Å²) in [6, 6.07) is 21.7. The van der Waals surface area contributed by atoms with E-state index in [2.05, 4.69) is 71.4 Å². The molecule has 3 aromatic carbocycles. The molecule has 67 heavy (non-hydrogen) atoms. The number of esters is 3. The van der Waals surface area contributed by atoms with Gasteiger partial charge in [-0.3, -0.25) is 14.5 Å². The standard InChI is InChI=1S/C54H67N4O9/c1-8-50(62)30-36-20-23-52(48(60)65-6,44-38(37-18-13-14-19-41(37)55-44)21-27-58(32-36,33-50)31-35-16-11-10-12-17-35)40-28-39-42(29-43(40)64-5)56(4)46-53(39)24-26-57-25-15-22-51(9-2,45(53)57)47(67-34(3)59)54(46,63)49(61)66-7/h10-19,22,28-29,36,45-47,55,62-63H,8-9,20-21,23-27,30-33H2,1-7H3/q+1/t36-,45-,46+,47+,50-,51+,52-,53+,54-,58?/m0/s1. The minimum Gasteiger partial charge on any atom is -0.496 e. The molecule has 3 N–H and O–H groups in total. The van der Waals surface area contributed by atoms with E-state index in [1.54, 1.807) is 7.11 Å². The van der Waals surface area contributed by atoms with Gasteiger partial charge in [0, 0.05) is 89.2 Å². The highest BCUT2D eigenvalue weighted by Gasteiger charge is 2.80. The number of ether oxygens (including phenoxy) is 4. The molecule has 10 rings (SSSR count). The lowest BCUT2D eigenvalue weighted by molar-refractivity contribution is -0.955. The van der Waals surface area contributed by atoms with Crippen LogP contribution < -0.4 is 9.64 Å². The van der Waals surface area contributed by atoms with Crippen molar-refractivity contribution in [3.63, 3.8) is 0 Å². The Kier molecular flexibility index (Phi) is 11.0. The fourth-order valence-electron chi connectivity index (χ4n) is 15.3. The number of aromatic amines is 1. The molecule has 1 aromatic heterocycles. The second-order valence-electron chi connectivity index (χ2n) is 20.9. The molecular weight excluding hydrogens is 849 g/mol. The van der Waals surface area contributed by atoms with E-state index in [-0.39, 0.29) is 12.0 Å². The number of aromatic nitrogens is 1. The Hall–Kier alpha value is -5.21. The summed E-state index contributed by atoms with van der Waals surface area (Å²) in [4.78, 5) is 51.5. The number of hydrogen-bond donors (Lipinski definition) is 3. The normalized spacial score (nSPS) is 35.2. The molecule has 1 saturated carbocycles. The van der Waals surface area contributed by atoms with Crippen LogP contribution in [0.5, 0.6) is 5.75 Å². The van der Waals surface area contributed by atoms with Crippen LogP contribution in [0.1, 0.15) is 87.2 Å². The van der Waals surface area contributed by atoms with Gasteiger partial charge in [-0.25, -0.2) is 4.79 Å². The third-order valence-electron chi connectivity index (χ3n) is 17.7. The number of likely N-dealkylation sites (N-methyl/N-ethyl adjacent to an activating group) is 1. The van der Waals surface area contributed by atoms with E-state index in [9.17, 15) is 19.8 Å². The molecule has 6 heterocycles. The lowest BCUT2D eigenvalue weighted by atomic mass is 9.47. The maximum Gasteiger partial charge on any atom is 0.344 e. The number of aliphatic hydroxyl groups is 2. The molecule has 2 bridgehead atoms. The molecule has 5 aliphatic heterocycles. The van der Waals surface area contributed by atoms with Gasteiger partial charge in [0.05, 0.1) is 40.5 Å². The predicted molar refractivity (Wildman–Crippen MR) is 254 cm³/mol. The summed E-state index contributed by atoms with van der Waals surface area (Å²) in [5, 5.41) is 27.0. The van der Waals surface area contributed by atoms with Crippen LogP contribution in [-0.2, 0) is 52.4 Å². The Morgan fingerprint density at radius 3 is 2.36 bits per heavy atom. The van der Waals surface area contributed by atoms with Gasteiger partial charge < -0.3 is 43.5 Å². The number of methoxy groups -OCH3 is 3. The van der Waals surface area contributed by atoms with Crippen molar-refractivity contribution in [3.05, 3.63) is 107 Å². The molecular formula is C54H67N4O9+. The number of carbonyl (C=O) groups excluding carboxylic acids is 3. The van der Waals surface area contributed by atoms with Crippen molar-refractivity contribution in [2.24, 2.45) is 11.3 Å². The topological polar surface area (TPSA) is 151 Å². The Bertz CT molecular complexity index is 2650. The van der Waals surface area contributed by atoms with Gasteiger partial charge in [0.1, 0.15) is 29.9 Å². The summed E-state index contributed by atoms with van der Waals surface area (Å²) in [5.41, 5.74) is -0.328. The number of piperidine rings is 1. The third kappa shape index (κ3) is 6.36. The monoisotopic (exact) mass is 915 g/mol. The number of anilines is 1. The maximum atomic E-state index is 15.6. The quantitative estimate of drug-likeness (QED) is 0.0775. The number of nitrogens with one attached hydrogen (secondary N) is 1. The van der Waals surface area contributed by atoms with Crippen LogP contribution in [-0.4, -0.2) is 133 Å². The minimum absolute atomic E-state index is 0.0705. The number of fused-ring (bicyclic) bond motifs is 6. The van der Waals surface area contributed by atoms with Crippen LogP contribution >= 0.6 is 0 Å². The van der Waals surface area contributed by atoms with Crippen LogP contribution in [0.4, 0.5) is 5.69 Å². The largest absolute Gasteiger partial charge is 0.496 e. The third-order valence-corrected chi connectivity index (χ3v) is 17.7. The Morgan fingerprint density at radius 2 is 1.66 bits per heavy atom. The molecule has 3 fully saturated rings. The highest BCUT2D eigenvalue weighted by atomic mass is 16.6. The molecule has 10 atom stereocenters. The van der Waals surface area contributed by atoms with Crippen molar-refractivity contribution in [2.45, 2.75) is 112 Å². The molecule has 0 amide bonds. The number of para-hydroxylation sites is 1. The average molecular weight is 916 g/mol. The number of carbonyl (C=O) groups is 3. The number of rotatable bonds is 9. The summed E-state index contributed by atoms with van der Waals surface area (Å²) < 4.78 is 25.0. The van der Waals surface area contributed by atoms with Crippen molar-refractivity contribution < 1.29 is 48.0 Å². The summed E-state index contributed by atoms with van der Waals surface area (Å²) in [6.45, 7) is 9.76. The van der Waals surface area contributed by atoms with Gasteiger partial charge in [0.15, 0.2) is 6.10 Å². The van der Waals surface area contributed by atoms with Gasteiger partial charge in [0.25, 0.3) is 0 Å². The van der Waals surface area contributed by atoms with Crippen molar-refractivity contribution in [1.29, 1.82) is 0 Å². The smallest absolute Gasteiger partial charge is 0.344 e. The van der Waals surface area contributed by atoms with E-state index >= 15 is 4.79 Å². The lowest BCUT2D eigenvalue weighted by Gasteiger charge is -2.63. The molecule has 1 aliphatic carbocycles. The SMILES string of the molecule is CC[C@]1(O)C[C@@H]2CC[C@](C(=O)OC)(c3cc4c(cc3OC)N(C)[C@H]3[C@@](O)(C(=O)OC)[C@H](OC(C)=O)[C@]5(CC)C=CCN6CC[C@]43[C@@H]65)c3[nH]c4ccccc4c3CC[N+](Cc3ccccc3)(C2)C1. The number of H-pyrrole nitrogens is 1. The first-order valence-electron chi connectivity index (χ1n) is 24.3. The number of benzene rings is 3. The second kappa shape index (κ2) is 16.2. The molecule has 356 valence electrons. The first-order chi connectivity index (χ1) is 32.1. The van der Waals surface area contributed by atoms with Gasteiger partial charge in [-0.1, -0.05) is 74.5 Å². The Labute approximate surface area is 393 Å². The van der Waals surface area contributed by atoms with Crippen LogP contribution in [0.2, 0.25) is 0 Å². The molecule has 2 saturated heterocycles. The van der Waals surface area contributed by atoms with Gasteiger partial charge in [-0.2, -0.15) is 0 Å². The van der Waals surface area contributed by atoms with E-state index < -0.39 is 57.5 Å². The number of nitrogens with zero attached hydrogens (tertiary/aromatic N) is 3. The first-order valence-corrected chi connectivity index (χ1v) is 24.3. The predicted octanol–water partition coefficient (Wildman–Crippen LogP) is 6.10. The zero-order valence-corrected chi connectivity index (χ0v) is 40.1. The highest BCUT2D eigenvalue weighted by molar-refractivity contribution is 5.95. The van der Waals surface area contributed by atoms with E-state index in [4.69, 9.17) is 18.9 Å². The van der Waals surface area contributed by atoms with Gasteiger partial charge in [-0.05, 0) is 68.3 Å². The Morgan fingerprint density at radius 1 is 0.910 bits per heavy atom. The van der Waals surface area contributed by atoms with E-state index in [0.29, 0.717) is 75.9 Å². The van der Waals surface area contributed by atoms with Crippen molar-refractivity contribution >= 4 is 34.5 Å². The molecule has 4 aromatic rings. The molecule has 1 unspecified atom stereocenters. The minimum atomic E-state index is -2.31. The first kappa shape index (κ1) is 45.6. The highest BCUT2D eigenvalue weighted by Crippen LogP contribution is 2.68. The average Bonchev–Trinajstić information content (AvgIpc) is 3.99. The molecule has 6 aliphatic rings. The van der Waals surface area contributed by atoms with Gasteiger partial charge in [0.2, 0.25) is 5.60 Å². The summed E-state index contributed by atoms with van der Waals surface area (Å²) in [7, 11) is 6.22. The van der Waals surface area contributed by atoms with Crippen molar-refractivity contribution in [3.8, 4) is 5.75 Å². The van der Waals surface area contributed by atoms with E-state index in [1.165, 1.54) is 26.7 Å². The van der Waals surface area contributed by atoms with Crippen LogP contribution in [0.25, 0.3) is 10.9 Å². The fraction of sp³-hybridized carbons (Fsp3) is 0.537. The zero-order chi connectivity index (χ0) is 47.3. The summed E-state index contributed by atoms with van der Waals surface area (Å²) >= 11 is 0. The van der Waals surface area contributed by atoms with Crippen molar-refractivity contribution in [2.75, 3.05) is 66.0 Å². The fourth-order valence-corrected chi connectivity index (χ4v) is 15.3. The summed E-state index contributed by atoms with van der Waals surface area (Å²) in [6.07, 6.45) is 6.72. The zero-order valence-electron chi connectivity index (χ0n) is 40.1. The Balaban J connectivity index is 1.24. The van der Waals surface area contributed by atoms with Crippen molar-refractivity contribution in [1.82, 2.24) is 9.88 Å². The van der Waals surface area contributed by atoms with E-state index in [1.807, 2.05) is 43.1 Å². The van der Waals surface area contributed by atoms with Crippen LogP contribution in [0.3, 0.4) is 0 Å². The van der Waals surface area contributed by atoms with Gasteiger partial charge >= 0.3 is 17.9 Å². The van der Waals surface area contributed by atoms with Crippen LogP contribution in [0, 0.1) is 11.3 Å². The van der Waals surface area contributed by atoms with Gasteiger partial charge in [-0.15, -0.1) is 0 Å². The maximum absolute atomic E-state index is 15.6. The molecule has 1 spiro atoms. The summed E-state index contributed by atoms with van der Waals surface area (Å²) in [5.74, 6) is -1.36. The van der Waals surface area contributed by atoms with E-state index in [0.717, 1.165) is 57.5 Å². The molecule has 13 heteroatoms. The lowest BCUT2D eigenvalue weighted by Crippen LogP contribution is -2.81. The van der Waals surface area contributed by atoms with Crippen LogP contribution in [0.15, 0.2) is 78.9 Å².